The minimum atomic E-state index is -0.936. The highest BCUT2D eigenvalue weighted by Crippen LogP contribution is 2.19. The minimum Gasteiger partial charge on any atom is -0.480 e. The monoisotopic (exact) mass is 241 g/mol. The number of carboxylic acid groups (broad SMARTS) is 1. The number of ether oxygens (including phenoxy) is 1. The highest BCUT2D eigenvalue weighted by molar-refractivity contribution is 5.86. The SMILES string of the molecule is C=CCCOC(C)C(=O)N1CCC[C@H]1C(=O)O. The van der Waals surface area contributed by atoms with Gasteiger partial charge in [-0.15, -0.1) is 6.58 Å². The van der Waals surface area contributed by atoms with Crippen LogP contribution < -0.4 is 0 Å². The van der Waals surface area contributed by atoms with Gasteiger partial charge < -0.3 is 14.7 Å². The predicted octanol–water partition coefficient (Wildman–Crippen LogP) is 1.04. The molecule has 96 valence electrons. The quantitative estimate of drug-likeness (QED) is 0.557. The smallest absolute Gasteiger partial charge is 0.326 e. The molecule has 0 saturated carbocycles. The van der Waals surface area contributed by atoms with Crippen molar-refractivity contribution in [2.45, 2.75) is 38.3 Å². The van der Waals surface area contributed by atoms with Gasteiger partial charge in [-0.1, -0.05) is 6.08 Å². The number of carbonyl (C=O) groups is 2. The van der Waals surface area contributed by atoms with Crippen molar-refractivity contribution in [3.63, 3.8) is 0 Å². The van der Waals surface area contributed by atoms with E-state index in [0.717, 1.165) is 6.42 Å². The molecule has 1 N–H and O–H groups in total. The van der Waals surface area contributed by atoms with Gasteiger partial charge >= 0.3 is 5.97 Å². The number of hydrogen-bond donors (Lipinski definition) is 1. The van der Waals surface area contributed by atoms with E-state index in [-0.39, 0.29) is 5.91 Å². The third-order valence-corrected chi connectivity index (χ3v) is 2.86. The van der Waals surface area contributed by atoms with Crippen molar-refractivity contribution in [2.75, 3.05) is 13.2 Å². The van der Waals surface area contributed by atoms with E-state index >= 15 is 0 Å². The maximum absolute atomic E-state index is 12.0. The van der Waals surface area contributed by atoms with Gasteiger partial charge in [-0.05, 0) is 26.2 Å². The van der Waals surface area contributed by atoms with Crippen molar-refractivity contribution in [3.05, 3.63) is 12.7 Å². The number of amides is 1. The molecule has 1 unspecified atom stereocenters. The second kappa shape index (κ2) is 6.39. The fourth-order valence-electron chi connectivity index (χ4n) is 1.92. The van der Waals surface area contributed by atoms with Crippen LogP contribution in [0.15, 0.2) is 12.7 Å². The number of aliphatic carboxylic acids is 1. The normalized spacial score (nSPS) is 21.2. The van der Waals surface area contributed by atoms with Crippen LogP contribution in [0.2, 0.25) is 0 Å². The van der Waals surface area contributed by atoms with Gasteiger partial charge in [-0.25, -0.2) is 4.79 Å². The van der Waals surface area contributed by atoms with Gasteiger partial charge in [0.2, 0.25) is 0 Å². The predicted molar refractivity (Wildman–Crippen MR) is 62.6 cm³/mol. The summed E-state index contributed by atoms with van der Waals surface area (Å²) in [5, 5.41) is 8.98. The number of carbonyl (C=O) groups excluding carboxylic acids is 1. The summed E-state index contributed by atoms with van der Waals surface area (Å²) in [7, 11) is 0. The molecule has 17 heavy (non-hydrogen) atoms. The third-order valence-electron chi connectivity index (χ3n) is 2.86. The molecule has 0 aromatic rings. The van der Waals surface area contributed by atoms with E-state index in [1.54, 1.807) is 13.0 Å². The first-order chi connectivity index (χ1) is 8.07. The maximum Gasteiger partial charge on any atom is 0.326 e. The van der Waals surface area contributed by atoms with Crippen molar-refractivity contribution in [1.29, 1.82) is 0 Å². The molecule has 2 atom stereocenters. The van der Waals surface area contributed by atoms with Crippen molar-refractivity contribution in [2.24, 2.45) is 0 Å². The molecule has 1 aliphatic rings. The van der Waals surface area contributed by atoms with Crippen molar-refractivity contribution in [1.82, 2.24) is 4.90 Å². The summed E-state index contributed by atoms with van der Waals surface area (Å²) in [6.07, 6.45) is 3.07. The largest absolute Gasteiger partial charge is 0.480 e. The molecule has 5 nitrogen and oxygen atoms in total. The molecule has 1 amide bonds. The number of carboxylic acids is 1. The highest BCUT2D eigenvalue weighted by Gasteiger charge is 2.35. The average Bonchev–Trinajstić information content (AvgIpc) is 2.77. The lowest BCUT2D eigenvalue weighted by atomic mass is 10.2. The van der Waals surface area contributed by atoms with Crippen molar-refractivity contribution < 1.29 is 19.4 Å². The Morgan fingerprint density at radius 2 is 2.35 bits per heavy atom. The lowest BCUT2D eigenvalue weighted by molar-refractivity contribution is -0.153. The molecule has 5 heteroatoms. The first-order valence-corrected chi connectivity index (χ1v) is 5.83. The first-order valence-electron chi connectivity index (χ1n) is 5.83. The molecule has 1 saturated heterocycles. The lowest BCUT2D eigenvalue weighted by Crippen LogP contribution is -2.45. The summed E-state index contributed by atoms with van der Waals surface area (Å²) in [4.78, 5) is 24.3. The second-order valence-electron chi connectivity index (χ2n) is 4.12. The number of hydrogen-bond acceptors (Lipinski definition) is 3. The average molecular weight is 241 g/mol. The molecule has 0 aliphatic carbocycles. The molecule has 0 bridgehead atoms. The summed E-state index contributed by atoms with van der Waals surface area (Å²) in [5.41, 5.74) is 0. The molecular formula is C12H19NO4. The van der Waals surface area contributed by atoms with Gasteiger partial charge in [0.05, 0.1) is 6.61 Å². The molecule has 0 aromatic heterocycles. The molecule has 1 aliphatic heterocycles. The van der Waals surface area contributed by atoms with Crippen molar-refractivity contribution >= 4 is 11.9 Å². The second-order valence-corrected chi connectivity index (χ2v) is 4.12. The van der Waals surface area contributed by atoms with E-state index in [9.17, 15) is 9.59 Å². The summed E-state index contributed by atoms with van der Waals surface area (Å²) in [6.45, 7) is 6.15. The summed E-state index contributed by atoms with van der Waals surface area (Å²) >= 11 is 0. The number of likely N-dealkylation sites (tertiary alicyclic amines) is 1. The summed E-state index contributed by atoms with van der Waals surface area (Å²) < 4.78 is 5.33. The molecule has 0 radical (unpaired) electrons. The Kier molecular flexibility index (Phi) is 5.15. The Hall–Kier alpha value is -1.36. The Morgan fingerprint density at radius 3 is 2.94 bits per heavy atom. The third kappa shape index (κ3) is 3.56. The van der Waals surface area contributed by atoms with E-state index in [1.807, 2.05) is 0 Å². The zero-order valence-corrected chi connectivity index (χ0v) is 10.1. The van der Waals surface area contributed by atoms with Crippen LogP contribution in [0.4, 0.5) is 0 Å². The van der Waals surface area contributed by atoms with Crippen LogP contribution in [0, 0.1) is 0 Å². The lowest BCUT2D eigenvalue weighted by Gasteiger charge is -2.24. The Labute approximate surface area is 101 Å². The standard InChI is InChI=1S/C12H19NO4/c1-3-4-8-17-9(2)11(14)13-7-5-6-10(13)12(15)16/h3,9-10H,1,4-8H2,2H3,(H,15,16)/t9?,10-/m0/s1. The molecule has 1 rings (SSSR count). The van der Waals surface area contributed by atoms with Gasteiger partial charge in [-0.3, -0.25) is 4.79 Å². The zero-order valence-electron chi connectivity index (χ0n) is 10.1. The number of nitrogens with zero attached hydrogens (tertiary/aromatic N) is 1. The van der Waals surface area contributed by atoms with E-state index in [4.69, 9.17) is 9.84 Å². The van der Waals surface area contributed by atoms with Crippen LogP contribution in [0.3, 0.4) is 0 Å². The van der Waals surface area contributed by atoms with Crippen molar-refractivity contribution in [3.8, 4) is 0 Å². The van der Waals surface area contributed by atoms with Crippen LogP contribution in [0.5, 0.6) is 0 Å². The molecule has 0 spiro atoms. The molecule has 0 aromatic carbocycles. The first kappa shape index (κ1) is 13.7. The topological polar surface area (TPSA) is 66.8 Å². The van der Waals surface area contributed by atoms with Crippen LogP contribution in [0.1, 0.15) is 26.2 Å². The van der Waals surface area contributed by atoms with Gasteiger partial charge in [0.1, 0.15) is 12.1 Å². The van der Waals surface area contributed by atoms with Crippen LogP contribution in [-0.4, -0.2) is 47.2 Å². The summed E-state index contributed by atoms with van der Waals surface area (Å²) in [5.74, 6) is -1.17. The van der Waals surface area contributed by atoms with Crippen LogP contribution in [-0.2, 0) is 14.3 Å². The van der Waals surface area contributed by atoms with Gasteiger partial charge in [0.15, 0.2) is 0 Å². The Bertz CT molecular complexity index is 303. The van der Waals surface area contributed by atoms with Gasteiger partial charge in [0.25, 0.3) is 5.91 Å². The van der Waals surface area contributed by atoms with E-state index in [2.05, 4.69) is 6.58 Å². The van der Waals surface area contributed by atoms with E-state index in [0.29, 0.717) is 26.0 Å². The van der Waals surface area contributed by atoms with E-state index in [1.165, 1.54) is 4.90 Å². The molecule has 1 heterocycles. The highest BCUT2D eigenvalue weighted by atomic mass is 16.5. The zero-order chi connectivity index (χ0) is 12.8. The maximum atomic E-state index is 12.0. The fraction of sp³-hybridized carbons (Fsp3) is 0.667. The Balaban J connectivity index is 2.50. The summed E-state index contributed by atoms with van der Waals surface area (Å²) in [6, 6.07) is -0.687. The fourth-order valence-corrected chi connectivity index (χ4v) is 1.92. The van der Waals surface area contributed by atoms with E-state index < -0.39 is 18.1 Å². The van der Waals surface area contributed by atoms with Crippen LogP contribution >= 0.6 is 0 Å². The van der Waals surface area contributed by atoms with Crippen LogP contribution in [0.25, 0.3) is 0 Å². The minimum absolute atomic E-state index is 0.237. The van der Waals surface area contributed by atoms with Gasteiger partial charge in [-0.2, -0.15) is 0 Å². The molecular weight excluding hydrogens is 222 g/mol. The van der Waals surface area contributed by atoms with Gasteiger partial charge in [0, 0.05) is 6.54 Å². The molecule has 1 fully saturated rings. The Morgan fingerprint density at radius 1 is 1.65 bits per heavy atom. The number of rotatable bonds is 6.